The van der Waals surface area contributed by atoms with E-state index in [1.807, 2.05) is 69.3 Å². The molecular formula is C22H23N3O2. The summed E-state index contributed by atoms with van der Waals surface area (Å²) in [6.07, 6.45) is 0.460. The second-order valence-electron chi connectivity index (χ2n) is 6.53. The van der Waals surface area contributed by atoms with E-state index in [0.29, 0.717) is 12.1 Å². The molecule has 1 atom stereocenters. The Balaban J connectivity index is 1.94. The predicted octanol–water partition coefficient (Wildman–Crippen LogP) is 4.12. The molecule has 0 radical (unpaired) electrons. The van der Waals surface area contributed by atoms with Crippen molar-refractivity contribution >= 4 is 11.6 Å². The van der Waals surface area contributed by atoms with Gasteiger partial charge in [0.05, 0.1) is 5.69 Å². The normalized spacial score (nSPS) is 11.8. The second-order valence-corrected chi connectivity index (χ2v) is 6.53. The maximum atomic E-state index is 12.9. The third-order valence-corrected chi connectivity index (χ3v) is 4.74. The van der Waals surface area contributed by atoms with Crippen molar-refractivity contribution in [3.05, 3.63) is 82.1 Å². The highest BCUT2D eigenvalue weighted by atomic mass is 16.2. The molecule has 1 aromatic heterocycles. The van der Waals surface area contributed by atoms with Gasteiger partial charge in [-0.15, -0.1) is 0 Å². The molecule has 0 saturated heterocycles. The third kappa shape index (κ3) is 3.97. The lowest BCUT2D eigenvalue weighted by molar-refractivity contribution is -0.119. The molecule has 0 aliphatic heterocycles. The van der Waals surface area contributed by atoms with Crippen LogP contribution in [0.3, 0.4) is 0 Å². The van der Waals surface area contributed by atoms with Crippen LogP contribution in [0.25, 0.3) is 11.3 Å². The van der Waals surface area contributed by atoms with Gasteiger partial charge in [0.25, 0.3) is 5.56 Å². The molecule has 0 spiro atoms. The van der Waals surface area contributed by atoms with Crippen molar-refractivity contribution < 1.29 is 4.79 Å². The van der Waals surface area contributed by atoms with Gasteiger partial charge in [-0.2, -0.15) is 5.10 Å². The van der Waals surface area contributed by atoms with E-state index in [2.05, 4.69) is 10.4 Å². The summed E-state index contributed by atoms with van der Waals surface area (Å²) >= 11 is 0. The van der Waals surface area contributed by atoms with Crippen LogP contribution < -0.4 is 10.9 Å². The summed E-state index contributed by atoms with van der Waals surface area (Å²) in [6, 6.07) is 17.8. The molecule has 0 aliphatic rings. The van der Waals surface area contributed by atoms with E-state index in [9.17, 15) is 9.59 Å². The van der Waals surface area contributed by atoms with Gasteiger partial charge in [-0.25, -0.2) is 4.68 Å². The van der Waals surface area contributed by atoms with E-state index in [-0.39, 0.29) is 11.5 Å². The fourth-order valence-corrected chi connectivity index (χ4v) is 2.98. The van der Waals surface area contributed by atoms with Crippen LogP contribution >= 0.6 is 0 Å². The van der Waals surface area contributed by atoms with Crippen molar-refractivity contribution in [2.75, 3.05) is 5.32 Å². The lowest BCUT2D eigenvalue weighted by atomic mass is 10.1. The van der Waals surface area contributed by atoms with E-state index >= 15 is 0 Å². The first-order valence-electron chi connectivity index (χ1n) is 9.03. The van der Waals surface area contributed by atoms with Gasteiger partial charge < -0.3 is 5.32 Å². The fourth-order valence-electron chi connectivity index (χ4n) is 2.98. The van der Waals surface area contributed by atoms with Gasteiger partial charge in [-0.3, -0.25) is 9.59 Å². The largest absolute Gasteiger partial charge is 0.324 e. The van der Waals surface area contributed by atoms with E-state index in [0.717, 1.165) is 22.4 Å². The highest BCUT2D eigenvalue weighted by molar-refractivity contribution is 5.94. The number of carbonyl (C=O) groups excluding carboxylic acids is 1. The average molecular weight is 361 g/mol. The van der Waals surface area contributed by atoms with Gasteiger partial charge >= 0.3 is 0 Å². The van der Waals surface area contributed by atoms with E-state index in [1.165, 1.54) is 10.7 Å². The Morgan fingerprint density at radius 1 is 1.04 bits per heavy atom. The lowest BCUT2D eigenvalue weighted by Crippen LogP contribution is -2.34. The first-order valence-corrected chi connectivity index (χ1v) is 9.03. The number of aromatic nitrogens is 2. The van der Waals surface area contributed by atoms with Crippen LogP contribution in [-0.4, -0.2) is 15.7 Å². The minimum atomic E-state index is -0.680. The Bertz CT molecular complexity index is 1010. The molecule has 2 aromatic carbocycles. The number of hydrogen-bond acceptors (Lipinski definition) is 3. The Morgan fingerprint density at radius 2 is 1.78 bits per heavy atom. The topological polar surface area (TPSA) is 64.0 Å². The van der Waals surface area contributed by atoms with Crippen LogP contribution in [0, 0.1) is 13.8 Å². The highest BCUT2D eigenvalue weighted by Crippen LogP contribution is 2.21. The summed E-state index contributed by atoms with van der Waals surface area (Å²) in [6.45, 7) is 5.83. The maximum Gasteiger partial charge on any atom is 0.267 e. The molecule has 5 nitrogen and oxygen atoms in total. The van der Waals surface area contributed by atoms with Crippen LogP contribution in [0.2, 0.25) is 0 Å². The van der Waals surface area contributed by atoms with Crippen molar-refractivity contribution in [1.82, 2.24) is 9.78 Å². The SMILES string of the molecule is CC[C@@H](C(=O)Nc1cccc(C)c1C)n1nc(-c2ccccc2)ccc1=O. The van der Waals surface area contributed by atoms with Gasteiger partial charge in [-0.1, -0.05) is 49.4 Å². The Morgan fingerprint density at radius 3 is 2.48 bits per heavy atom. The number of nitrogens with zero attached hydrogens (tertiary/aromatic N) is 2. The fraction of sp³-hybridized carbons (Fsp3) is 0.227. The molecule has 0 bridgehead atoms. The number of amides is 1. The number of anilines is 1. The third-order valence-electron chi connectivity index (χ3n) is 4.74. The van der Waals surface area contributed by atoms with Gasteiger partial charge in [0, 0.05) is 17.3 Å². The van der Waals surface area contributed by atoms with Gasteiger partial charge in [0.15, 0.2) is 0 Å². The summed E-state index contributed by atoms with van der Waals surface area (Å²) in [7, 11) is 0. The van der Waals surface area contributed by atoms with Crippen LogP contribution in [-0.2, 0) is 4.79 Å². The molecule has 1 heterocycles. The molecule has 0 saturated carbocycles. The highest BCUT2D eigenvalue weighted by Gasteiger charge is 2.22. The molecule has 3 rings (SSSR count). The molecule has 0 unspecified atom stereocenters. The summed E-state index contributed by atoms with van der Waals surface area (Å²) in [5.74, 6) is -0.244. The molecule has 3 aromatic rings. The van der Waals surface area contributed by atoms with Gasteiger partial charge in [0.1, 0.15) is 6.04 Å². The monoisotopic (exact) mass is 361 g/mol. The van der Waals surface area contributed by atoms with Crippen LogP contribution in [0.1, 0.15) is 30.5 Å². The molecule has 1 N–H and O–H groups in total. The van der Waals surface area contributed by atoms with E-state index in [1.54, 1.807) is 6.07 Å². The predicted molar refractivity (Wildman–Crippen MR) is 108 cm³/mol. The average Bonchev–Trinajstić information content (AvgIpc) is 2.68. The number of carbonyl (C=O) groups is 1. The summed E-state index contributed by atoms with van der Waals surface area (Å²) in [5, 5.41) is 7.41. The van der Waals surface area contributed by atoms with Crippen LogP contribution in [0.4, 0.5) is 5.69 Å². The zero-order chi connectivity index (χ0) is 19.4. The van der Waals surface area contributed by atoms with Crippen molar-refractivity contribution in [3.63, 3.8) is 0 Å². The van der Waals surface area contributed by atoms with E-state index < -0.39 is 6.04 Å². The van der Waals surface area contributed by atoms with Crippen molar-refractivity contribution in [1.29, 1.82) is 0 Å². The van der Waals surface area contributed by atoms with Crippen LogP contribution in [0.15, 0.2) is 65.5 Å². The van der Waals surface area contributed by atoms with E-state index in [4.69, 9.17) is 0 Å². The summed E-state index contributed by atoms with van der Waals surface area (Å²) in [5.41, 5.74) is 4.13. The molecule has 0 fully saturated rings. The molecular weight excluding hydrogens is 338 g/mol. The molecule has 138 valence electrons. The first kappa shape index (κ1) is 18.6. The van der Waals surface area contributed by atoms with Crippen molar-refractivity contribution in [3.8, 4) is 11.3 Å². The number of aryl methyl sites for hydroxylation is 1. The minimum absolute atomic E-state index is 0.244. The minimum Gasteiger partial charge on any atom is -0.324 e. The number of rotatable bonds is 5. The van der Waals surface area contributed by atoms with Crippen molar-refractivity contribution in [2.24, 2.45) is 0 Å². The summed E-state index contributed by atoms with van der Waals surface area (Å²) in [4.78, 5) is 25.3. The standard InChI is InChI=1S/C22H23N3O2/c1-4-20(22(27)23-18-12-8-9-15(2)16(18)3)25-21(26)14-13-19(24-25)17-10-6-5-7-11-17/h5-14,20H,4H2,1-3H3,(H,23,27)/t20-/m0/s1. The van der Waals surface area contributed by atoms with Crippen LogP contribution in [0.5, 0.6) is 0 Å². The number of nitrogens with one attached hydrogen (secondary N) is 1. The quantitative estimate of drug-likeness (QED) is 0.743. The number of benzene rings is 2. The maximum absolute atomic E-state index is 12.9. The van der Waals surface area contributed by atoms with Gasteiger partial charge in [0.2, 0.25) is 5.91 Å². The van der Waals surface area contributed by atoms with Crippen molar-refractivity contribution in [2.45, 2.75) is 33.2 Å². The second kappa shape index (κ2) is 7.99. The lowest BCUT2D eigenvalue weighted by Gasteiger charge is -2.18. The Hall–Kier alpha value is -3.21. The zero-order valence-corrected chi connectivity index (χ0v) is 15.8. The Labute approximate surface area is 158 Å². The molecule has 27 heavy (non-hydrogen) atoms. The smallest absolute Gasteiger partial charge is 0.267 e. The first-order chi connectivity index (χ1) is 13.0. The Kier molecular flexibility index (Phi) is 5.50. The zero-order valence-electron chi connectivity index (χ0n) is 15.8. The number of hydrogen-bond donors (Lipinski definition) is 1. The summed E-state index contributed by atoms with van der Waals surface area (Å²) < 4.78 is 1.28. The molecule has 1 amide bonds. The molecule has 5 heteroatoms. The molecule has 0 aliphatic carbocycles. The van der Waals surface area contributed by atoms with Gasteiger partial charge in [-0.05, 0) is 43.5 Å².